The van der Waals surface area contributed by atoms with Crippen molar-refractivity contribution < 1.29 is 38.2 Å². The summed E-state index contributed by atoms with van der Waals surface area (Å²) >= 11 is 0. The highest BCUT2D eigenvalue weighted by Gasteiger charge is 2.41. The fourth-order valence-corrected chi connectivity index (χ4v) is 10.9. The van der Waals surface area contributed by atoms with Gasteiger partial charge in [-0.1, -0.05) is 72.8 Å². The Morgan fingerprint density at radius 3 is 1.33 bits per heavy atom. The molecule has 4 aliphatic rings. The molecule has 8 rings (SSSR count). The summed E-state index contributed by atoms with van der Waals surface area (Å²) in [6.45, 7) is 4.92. The number of hydrogen-bond donors (Lipinski definition) is 6. The molecular formula is C60H76N8O8. The maximum Gasteiger partial charge on any atom is 0.246 e. The average molecular weight is 1040 g/mol. The van der Waals surface area contributed by atoms with Gasteiger partial charge in [-0.3, -0.25) is 28.8 Å². The average Bonchev–Trinajstić information content (AvgIpc) is 4.16. The second-order valence-corrected chi connectivity index (χ2v) is 20.6. The van der Waals surface area contributed by atoms with Gasteiger partial charge in [0.05, 0.1) is 24.2 Å². The Morgan fingerprint density at radius 2 is 0.934 bits per heavy atom. The van der Waals surface area contributed by atoms with Gasteiger partial charge in [-0.05, 0) is 162 Å². The molecule has 2 aliphatic heterocycles. The van der Waals surface area contributed by atoms with E-state index in [-0.39, 0.29) is 73.6 Å². The lowest BCUT2D eigenvalue weighted by molar-refractivity contribution is -0.141. The molecule has 6 N–H and O–H groups in total. The molecule has 0 spiro atoms. The standard InChI is InChI=1S/C60H76N8O8/c1-39(61-3)55(69)65-51(59(73)67-33-13-23-53(67)57(71)63-49-21-11-17-43-15-5-7-19-47(43)49)37-41-25-29-45(30-26-41)75-35-9-10-36-76-46-31-27-42(28-32-46)38-52(66-56(70)40(2)62-4)60(74)68-34-14-24-54(68)58(72)64-50-22-12-18-44-16-6-8-20-48(44)50/h5-10,15-16,19-20,25-32,39-40,49-54,61-62H,11-14,17-18,21-24,33-38H2,1-4H3,(H,63,71)(H,64,72)(H,65,69)(H,66,70)/b10-9+/t39-,40-,49-,50+,51-,52-,53+,54?/m0/s1. The van der Waals surface area contributed by atoms with Gasteiger partial charge in [-0.25, -0.2) is 0 Å². The molecule has 2 heterocycles. The Bertz CT molecular complexity index is 2500. The number of carbonyl (C=O) groups excluding carboxylic acids is 6. The van der Waals surface area contributed by atoms with E-state index in [1.165, 1.54) is 11.1 Å². The lowest BCUT2D eigenvalue weighted by Crippen LogP contribution is -2.56. The first-order chi connectivity index (χ1) is 36.9. The van der Waals surface area contributed by atoms with Crippen molar-refractivity contribution >= 4 is 35.4 Å². The normalized spacial score (nSPS) is 20.6. The number of nitrogens with zero attached hydrogens (tertiary/aromatic N) is 2. The van der Waals surface area contributed by atoms with E-state index in [0.29, 0.717) is 50.3 Å². The Balaban J connectivity index is 0.813. The number of amides is 6. The van der Waals surface area contributed by atoms with Crippen molar-refractivity contribution in [1.82, 2.24) is 41.7 Å². The van der Waals surface area contributed by atoms with Crippen molar-refractivity contribution in [2.24, 2.45) is 0 Å². The summed E-state index contributed by atoms with van der Waals surface area (Å²) in [5.41, 5.74) is 6.43. The lowest BCUT2D eigenvalue weighted by Gasteiger charge is -2.32. The maximum absolute atomic E-state index is 14.3. The van der Waals surface area contributed by atoms with Crippen molar-refractivity contribution in [2.75, 3.05) is 40.4 Å². The number of fused-ring (bicyclic) bond motifs is 2. The highest BCUT2D eigenvalue weighted by atomic mass is 16.5. The minimum Gasteiger partial charge on any atom is -0.490 e. The molecule has 16 nitrogen and oxygen atoms in total. The fraction of sp³-hybridized carbons (Fsp3) is 0.467. The summed E-state index contributed by atoms with van der Waals surface area (Å²) in [5.74, 6) is -0.223. The van der Waals surface area contributed by atoms with Gasteiger partial charge >= 0.3 is 0 Å². The van der Waals surface area contributed by atoms with Crippen molar-refractivity contribution in [1.29, 1.82) is 0 Å². The van der Waals surface area contributed by atoms with Crippen molar-refractivity contribution in [3.05, 3.63) is 143 Å². The summed E-state index contributed by atoms with van der Waals surface area (Å²) in [7, 11) is 3.38. The molecule has 1 unspecified atom stereocenters. The molecule has 2 saturated heterocycles. The van der Waals surface area contributed by atoms with Gasteiger partial charge in [0.1, 0.15) is 48.9 Å². The molecule has 4 aromatic rings. The van der Waals surface area contributed by atoms with Gasteiger partial charge < -0.3 is 51.2 Å². The van der Waals surface area contributed by atoms with Crippen molar-refractivity contribution in [2.45, 2.75) is 139 Å². The van der Waals surface area contributed by atoms with E-state index >= 15 is 0 Å². The van der Waals surface area contributed by atoms with Crippen LogP contribution in [0, 0.1) is 0 Å². The Labute approximate surface area is 447 Å². The molecular weight excluding hydrogens is 961 g/mol. The highest BCUT2D eigenvalue weighted by molar-refractivity contribution is 5.95. The summed E-state index contributed by atoms with van der Waals surface area (Å²) in [6, 6.07) is 27.0. The predicted octanol–water partition coefficient (Wildman–Crippen LogP) is 5.34. The minimum absolute atomic E-state index is 0.0950. The lowest BCUT2D eigenvalue weighted by atomic mass is 9.87. The SMILES string of the molecule is CN[C@@H](C)C(=O)N[C@@H](Cc1ccc(OC/C=C/COc2ccc(C[C@H](NC(=O)[C@H](C)NC)C(=O)N3CCC[C@@H]3C(=O)N[C@H]3CCCc4ccccc43)cc2)cc1)C(=O)N1CCCC1C(=O)N[C@@H]1CCCc2ccccc21. The number of hydrogen-bond acceptors (Lipinski definition) is 10. The molecule has 2 aliphatic carbocycles. The monoisotopic (exact) mass is 1040 g/mol. The molecule has 2 fully saturated rings. The molecule has 404 valence electrons. The Morgan fingerprint density at radius 1 is 0.539 bits per heavy atom. The Hall–Kier alpha value is -7.04. The summed E-state index contributed by atoms with van der Waals surface area (Å²) < 4.78 is 12.0. The van der Waals surface area contributed by atoms with Crippen LogP contribution in [0.5, 0.6) is 11.5 Å². The van der Waals surface area contributed by atoms with E-state index in [1.54, 1.807) is 37.7 Å². The molecule has 76 heavy (non-hydrogen) atoms. The maximum atomic E-state index is 14.3. The second kappa shape index (κ2) is 26.6. The number of rotatable bonds is 22. The van der Waals surface area contributed by atoms with Crippen LogP contribution < -0.4 is 41.4 Å². The first-order valence-corrected chi connectivity index (χ1v) is 27.3. The number of likely N-dealkylation sites (tertiary alicyclic amines) is 2. The van der Waals surface area contributed by atoms with E-state index in [9.17, 15) is 28.8 Å². The third kappa shape index (κ3) is 14.1. The zero-order chi connectivity index (χ0) is 53.6. The van der Waals surface area contributed by atoms with Crippen LogP contribution in [-0.2, 0) is 54.5 Å². The molecule has 6 amide bonds. The first-order valence-electron chi connectivity index (χ1n) is 27.3. The smallest absolute Gasteiger partial charge is 0.246 e. The molecule has 0 bridgehead atoms. The molecule has 0 radical (unpaired) electrons. The Kier molecular flexibility index (Phi) is 19.3. The van der Waals surface area contributed by atoms with Gasteiger partial charge in [0.2, 0.25) is 35.4 Å². The van der Waals surface area contributed by atoms with Crippen LogP contribution in [0.4, 0.5) is 0 Å². The van der Waals surface area contributed by atoms with Crippen LogP contribution >= 0.6 is 0 Å². The van der Waals surface area contributed by atoms with Gasteiger partial charge in [-0.15, -0.1) is 0 Å². The molecule has 0 saturated carbocycles. The van der Waals surface area contributed by atoms with Crippen LogP contribution in [0.3, 0.4) is 0 Å². The number of carbonyl (C=O) groups is 6. The zero-order valence-corrected chi connectivity index (χ0v) is 44.5. The van der Waals surface area contributed by atoms with E-state index in [1.807, 2.05) is 84.9 Å². The first kappa shape index (κ1) is 55.2. The third-order valence-electron chi connectivity index (χ3n) is 15.5. The number of aryl methyl sites for hydroxylation is 2. The summed E-state index contributed by atoms with van der Waals surface area (Å²) in [6.07, 6.45) is 12.4. The zero-order valence-electron chi connectivity index (χ0n) is 44.5. The second-order valence-electron chi connectivity index (χ2n) is 20.6. The van der Waals surface area contributed by atoms with Crippen molar-refractivity contribution in [3.8, 4) is 11.5 Å². The number of ether oxygens (including phenoxy) is 2. The van der Waals surface area contributed by atoms with Gasteiger partial charge in [-0.2, -0.15) is 0 Å². The number of benzene rings is 4. The molecule has 0 aromatic heterocycles. The minimum atomic E-state index is -0.876. The van der Waals surface area contributed by atoms with Crippen molar-refractivity contribution in [3.63, 3.8) is 0 Å². The van der Waals surface area contributed by atoms with E-state index in [2.05, 4.69) is 56.2 Å². The number of likely N-dealkylation sites (N-methyl/N-ethyl adjacent to an activating group) is 2. The number of nitrogens with one attached hydrogen (secondary N) is 6. The van der Waals surface area contributed by atoms with Crippen LogP contribution in [0.15, 0.2) is 109 Å². The van der Waals surface area contributed by atoms with Gasteiger partial charge in [0, 0.05) is 25.9 Å². The molecule has 4 aromatic carbocycles. The van der Waals surface area contributed by atoms with Crippen LogP contribution in [-0.4, -0.2) is 122 Å². The third-order valence-corrected chi connectivity index (χ3v) is 15.5. The quantitative estimate of drug-likeness (QED) is 0.0559. The summed E-state index contributed by atoms with van der Waals surface area (Å²) in [4.78, 5) is 85.8. The topological polar surface area (TPSA) is 200 Å². The molecule has 16 heteroatoms. The van der Waals surface area contributed by atoms with Crippen LogP contribution in [0.1, 0.15) is 111 Å². The predicted molar refractivity (Wildman–Crippen MR) is 291 cm³/mol. The highest BCUT2D eigenvalue weighted by Crippen LogP contribution is 2.32. The molecule has 8 atom stereocenters. The van der Waals surface area contributed by atoms with Gasteiger partial charge in [0.25, 0.3) is 0 Å². The van der Waals surface area contributed by atoms with Gasteiger partial charge in [0.15, 0.2) is 0 Å². The fourth-order valence-electron chi connectivity index (χ4n) is 10.9. The van der Waals surface area contributed by atoms with E-state index in [0.717, 1.165) is 60.8 Å². The summed E-state index contributed by atoms with van der Waals surface area (Å²) in [5, 5.41) is 18.3. The largest absolute Gasteiger partial charge is 0.490 e. The van der Waals surface area contributed by atoms with E-state index in [4.69, 9.17) is 9.47 Å². The van der Waals surface area contributed by atoms with Crippen LogP contribution in [0.2, 0.25) is 0 Å². The van der Waals surface area contributed by atoms with Crippen LogP contribution in [0.25, 0.3) is 0 Å². The van der Waals surface area contributed by atoms with E-state index < -0.39 is 36.3 Å².